The maximum atomic E-state index is 14.5. The molecule has 0 aliphatic heterocycles. The van der Waals surface area contributed by atoms with E-state index in [4.69, 9.17) is 37.4 Å². The van der Waals surface area contributed by atoms with E-state index >= 15 is 0 Å². The molecule has 0 unspecified atom stereocenters. The van der Waals surface area contributed by atoms with Crippen LogP contribution < -0.4 is 14.2 Å². The number of hydrogen-bond acceptors (Lipinski definition) is 5. The van der Waals surface area contributed by atoms with Gasteiger partial charge < -0.3 is 14.2 Å². The fourth-order valence-corrected chi connectivity index (χ4v) is 2.78. The molecular weight excluding hydrogens is 458 g/mol. The van der Waals surface area contributed by atoms with Crippen LogP contribution in [0.2, 0.25) is 10.0 Å². The van der Waals surface area contributed by atoms with Crippen LogP contribution in [0.3, 0.4) is 0 Å². The van der Waals surface area contributed by atoms with Crippen molar-refractivity contribution >= 4 is 29.2 Å². The number of esters is 1. The second-order valence-corrected chi connectivity index (χ2v) is 7.04. The quantitative estimate of drug-likeness (QED) is 0.291. The molecule has 5 nitrogen and oxygen atoms in total. The average Bonchev–Trinajstić information content (AvgIpc) is 2.71. The van der Waals surface area contributed by atoms with Crippen LogP contribution in [-0.4, -0.2) is 24.0 Å². The van der Waals surface area contributed by atoms with Crippen LogP contribution in [-0.2, 0) is 0 Å². The lowest BCUT2D eigenvalue weighted by Gasteiger charge is -2.12. The highest BCUT2D eigenvalue weighted by atomic mass is 35.5. The van der Waals surface area contributed by atoms with Crippen LogP contribution in [0, 0.1) is 12.7 Å². The Hall–Kier alpha value is -2.97. The van der Waals surface area contributed by atoms with E-state index in [-0.39, 0.29) is 38.7 Å². The smallest absolute Gasteiger partial charge is 0.346 e. The first-order chi connectivity index (χ1) is 14.7. The predicted octanol–water partition coefficient (Wildman–Crippen LogP) is 6.49. The number of nitrogens with zero attached hydrogens (tertiary/aromatic N) is 1. The first-order valence-electron chi connectivity index (χ1n) is 8.75. The van der Waals surface area contributed by atoms with Crippen LogP contribution in [0.15, 0.2) is 48.7 Å². The zero-order valence-electron chi connectivity index (χ0n) is 15.9. The lowest BCUT2D eigenvalue weighted by molar-refractivity contribution is 0.0729. The van der Waals surface area contributed by atoms with Crippen molar-refractivity contribution in [1.29, 1.82) is 0 Å². The second-order valence-electron chi connectivity index (χ2n) is 6.23. The molecule has 31 heavy (non-hydrogen) atoms. The van der Waals surface area contributed by atoms with E-state index in [9.17, 15) is 18.0 Å². The molecule has 3 rings (SSSR count). The number of carbonyl (C=O) groups is 1. The number of pyridine rings is 1. The van der Waals surface area contributed by atoms with E-state index in [2.05, 4.69) is 4.98 Å². The van der Waals surface area contributed by atoms with E-state index < -0.39 is 24.8 Å². The molecule has 0 fully saturated rings. The Labute approximate surface area is 185 Å². The summed E-state index contributed by atoms with van der Waals surface area (Å²) in [6, 6.07) is 9.85. The SMILES string of the molecule is Cc1ccc(OC(=O)c2cc(Cl)c(Oc3cnc(OCC(F)F)c(Cl)c3)cc2F)cc1. The van der Waals surface area contributed by atoms with Gasteiger partial charge in [0.05, 0.1) is 16.8 Å². The standard InChI is InChI=1S/C21H14Cl2F3NO4/c1-11-2-4-12(5-3-11)31-21(28)14-7-15(22)18(8-17(14)24)30-13-6-16(23)20(27-9-13)29-10-19(25)26/h2-9,19H,10H2,1H3. The molecule has 1 heterocycles. The summed E-state index contributed by atoms with van der Waals surface area (Å²) in [5.74, 6) is -1.88. The first kappa shape index (κ1) is 22.7. The zero-order valence-corrected chi connectivity index (χ0v) is 17.4. The van der Waals surface area contributed by atoms with Crippen LogP contribution in [0.1, 0.15) is 15.9 Å². The van der Waals surface area contributed by atoms with Gasteiger partial charge in [-0.25, -0.2) is 22.9 Å². The minimum absolute atomic E-state index is 0.0469. The summed E-state index contributed by atoms with van der Waals surface area (Å²) in [6.07, 6.45) is -1.55. The van der Waals surface area contributed by atoms with Gasteiger partial charge in [0, 0.05) is 12.1 Å². The number of rotatable bonds is 7. The zero-order chi connectivity index (χ0) is 22.5. The Morgan fingerprint density at radius 3 is 2.42 bits per heavy atom. The molecule has 2 aromatic carbocycles. The molecular formula is C21H14Cl2F3NO4. The largest absolute Gasteiger partial charge is 0.471 e. The lowest BCUT2D eigenvalue weighted by atomic mass is 10.2. The molecule has 10 heteroatoms. The topological polar surface area (TPSA) is 57.7 Å². The number of alkyl halides is 2. The molecule has 0 spiro atoms. The molecule has 0 saturated heterocycles. The van der Waals surface area contributed by atoms with E-state index in [1.165, 1.54) is 6.07 Å². The molecule has 0 N–H and O–H groups in total. The molecule has 0 amide bonds. The maximum Gasteiger partial charge on any atom is 0.346 e. The van der Waals surface area contributed by atoms with Gasteiger partial charge in [-0.2, -0.15) is 0 Å². The van der Waals surface area contributed by atoms with Gasteiger partial charge in [-0.05, 0) is 25.1 Å². The van der Waals surface area contributed by atoms with Crippen LogP contribution in [0.5, 0.6) is 23.1 Å². The predicted molar refractivity (Wildman–Crippen MR) is 108 cm³/mol. The van der Waals surface area contributed by atoms with Crippen LogP contribution in [0.25, 0.3) is 0 Å². The highest BCUT2D eigenvalue weighted by Crippen LogP contribution is 2.34. The molecule has 3 aromatic rings. The number of ether oxygens (including phenoxy) is 3. The summed E-state index contributed by atoms with van der Waals surface area (Å²) in [5, 5.41) is -0.167. The number of carbonyl (C=O) groups excluding carboxylic acids is 1. The summed E-state index contributed by atoms with van der Waals surface area (Å²) in [6.45, 7) is 1.00. The maximum absolute atomic E-state index is 14.5. The van der Waals surface area contributed by atoms with Crippen LogP contribution >= 0.6 is 23.2 Å². The van der Waals surface area contributed by atoms with Crippen molar-refractivity contribution in [1.82, 2.24) is 4.98 Å². The normalized spacial score (nSPS) is 10.8. The van der Waals surface area contributed by atoms with Crippen molar-refractivity contribution in [3.05, 3.63) is 75.7 Å². The highest BCUT2D eigenvalue weighted by Gasteiger charge is 2.19. The third-order valence-electron chi connectivity index (χ3n) is 3.83. The molecule has 0 aliphatic rings. The van der Waals surface area contributed by atoms with E-state index in [1.54, 1.807) is 24.3 Å². The molecule has 0 radical (unpaired) electrons. The third-order valence-corrected chi connectivity index (χ3v) is 4.40. The summed E-state index contributed by atoms with van der Waals surface area (Å²) in [5.41, 5.74) is 0.587. The lowest BCUT2D eigenvalue weighted by Crippen LogP contribution is -2.11. The van der Waals surface area contributed by atoms with Crippen molar-refractivity contribution in [2.75, 3.05) is 6.61 Å². The highest BCUT2D eigenvalue weighted by molar-refractivity contribution is 6.32. The Balaban J connectivity index is 1.75. The molecule has 0 saturated carbocycles. The Morgan fingerprint density at radius 1 is 1.06 bits per heavy atom. The number of benzene rings is 2. The summed E-state index contributed by atoms with van der Waals surface area (Å²) >= 11 is 12.0. The Kier molecular flexibility index (Phi) is 7.25. The van der Waals surface area contributed by atoms with Gasteiger partial charge in [0.1, 0.15) is 28.1 Å². The number of aromatic nitrogens is 1. The van der Waals surface area contributed by atoms with Crippen molar-refractivity contribution in [2.24, 2.45) is 0 Å². The summed E-state index contributed by atoms with van der Waals surface area (Å²) in [7, 11) is 0. The van der Waals surface area contributed by atoms with Gasteiger partial charge in [-0.3, -0.25) is 0 Å². The van der Waals surface area contributed by atoms with Crippen molar-refractivity contribution < 1.29 is 32.2 Å². The molecule has 1 aromatic heterocycles. The fraction of sp³-hybridized carbons (Fsp3) is 0.143. The van der Waals surface area contributed by atoms with Crippen molar-refractivity contribution in [3.63, 3.8) is 0 Å². The minimum atomic E-state index is -2.69. The van der Waals surface area contributed by atoms with Crippen molar-refractivity contribution in [3.8, 4) is 23.1 Å². The number of hydrogen-bond donors (Lipinski definition) is 0. The summed E-state index contributed by atoms with van der Waals surface area (Å²) < 4.78 is 54.3. The monoisotopic (exact) mass is 471 g/mol. The van der Waals surface area contributed by atoms with Gasteiger partial charge in [0.25, 0.3) is 6.43 Å². The fourth-order valence-electron chi connectivity index (χ4n) is 2.37. The minimum Gasteiger partial charge on any atom is -0.471 e. The van der Waals surface area contributed by atoms with Gasteiger partial charge in [-0.15, -0.1) is 0 Å². The first-order valence-corrected chi connectivity index (χ1v) is 9.50. The van der Waals surface area contributed by atoms with Gasteiger partial charge in [-0.1, -0.05) is 40.9 Å². The van der Waals surface area contributed by atoms with Gasteiger partial charge in [0.2, 0.25) is 5.88 Å². The third kappa shape index (κ3) is 6.02. The average molecular weight is 472 g/mol. The molecule has 0 aliphatic carbocycles. The van der Waals surface area contributed by atoms with Crippen LogP contribution in [0.4, 0.5) is 13.2 Å². The van der Waals surface area contributed by atoms with E-state index in [0.29, 0.717) is 0 Å². The van der Waals surface area contributed by atoms with Gasteiger partial charge in [0.15, 0.2) is 6.61 Å². The molecule has 0 bridgehead atoms. The summed E-state index contributed by atoms with van der Waals surface area (Å²) in [4.78, 5) is 16.1. The Morgan fingerprint density at radius 2 is 1.77 bits per heavy atom. The Bertz CT molecular complexity index is 1090. The molecule has 0 atom stereocenters. The number of halogens is 5. The molecule has 162 valence electrons. The van der Waals surface area contributed by atoms with Gasteiger partial charge >= 0.3 is 5.97 Å². The van der Waals surface area contributed by atoms with E-state index in [1.807, 2.05) is 6.92 Å². The second kappa shape index (κ2) is 9.89. The van der Waals surface area contributed by atoms with Crippen molar-refractivity contribution in [2.45, 2.75) is 13.3 Å². The van der Waals surface area contributed by atoms with E-state index in [0.717, 1.165) is 23.9 Å². The number of aryl methyl sites for hydroxylation is 1.